The van der Waals surface area contributed by atoms with E-state index in [0.717, 1.165) is 18.4 Å². The van der Waals surface area contributed by atoms with Gasteiger partial charge in [-0.1, -0.05) is 0 Å². The van der Waals surface area contributed by atoms with Crippen molar-refractivity contribution in [2.24, 2.45) is 18.9 Å². The van der Waals surface area contributed by atoms with Crippen LogP contribution in [0, 0.1) is 11.8 Å². The zero-order valence-corrected chi connectivity index (χ0v) is 9.19. The largest absolute Gasteiger partial charge is 0.316 e. The maximum absolute atomic E-state index is 4.21. The van der Waals surface area contributed by atoms with Gasteiger partial charge in [0, 0.05) is 32.9 Å². The number of likely N-dealkylation sites (tertiary alicyclic amines) is 1. The molecule has 3 heterocycles. The van der Waals surface area contributed by atoms with Crippen molar-refractivity contribution in [1.29, 1.82) is 0 Å². The van der Waals surface area contributed by atoms with Crippen molar-refractivity contribution in [3.8, 4) is 0 Å². The molecule has 2 aliphatic heterocycles. The summed E-state index contributed by atoms with van der Waals surface area (Å²) >= 11 is 0. The Hall–Kier alpha value is -0.870. The normalized spacial score (nSPS) is 31.0. The van der Waals surface area contributed by atoms with Gasteiger partial charge in [-0.3, -0.25) is 9.58 Å². The molecule has 15 heavy (non-hydrogen) atoms. The Morgan fingerprint density at radius 2 is 2.13 bits per heavy atom. The van der Waals surface area contributed by atoms with Crippen LogP contribution in [-0.2, 0) is 13.6 Å². The molecule has 0 saturated carbocycles. The number of nitrogens with zero attached hydrogens (tertiary/aromatic N) is 3. The van der Waals surface area contributed by atoms with Crippen molar-refractivity contribution in [2.45, 2.75) is 6.54 Å². The number of aromatic nitrogens is 2. The Balaban J connectivity index is 1.64. The predicted molar refractivity (Wildman–Crippen MR) is 58.3 cm³/mol. The van der Waals surface area contributed by atoms with Crippen LogP contribution in [0.25, 0.3) is 0 Å². The Labute approximate surface area is 90.3 Å². The molecule has 1 N–H and O–H groups in total. The van der Waals surface area contributed by atoms with Gasteiger partial charge in [-0.2, -0.15) is 5.10 Å². The smallest absolute Gasteiger partial charge is 0.0521 e. The second-order valence-electron chi connectivity index (χ2n) is 4.82. The average molecular weight is 206 g/mol. The fourth-order valence-corrected chi connectivity index (χ4v) is 2.87. The highest BCUT2D eigenvalue weighted by Crippen LogP contribution is 2.27. The van der Waals surface area contributed by atoms with E-state index in [2.05, 4.69) is 21.4 Å². The van der Waals surface area contributed by atoms with E-state index in [-0.39, 0.29) is 0 Å². The molecule has 2 aliphatic rings. The van der Waals surface area contributed by atoms with Crippen molar-refractivity contribution >= 4 is 0 Å². The summed E-state index contributed by atoms with van der Waals surface area (Å²) in [7, 11) is 2.02. The molecule has 1 aromatic heterocycles. The van der Waals surface area contributed by atoms with E-state index < -0.39 is 0 Å². The molecule has 0 aromatic carbocycles. The number of fused-ring (bicyclic) bond motifs is 1. The lowest BCUT2D eigenvalue weighted by Gasteiger charge is -2.16. The molecule has 0 spiro atoms. The summed E-state index contributed by atoms with van der Waals surface area (Å²) in [5, 5.41) is 7.68. The molecule has 0 aliphatic carbocycles. The van der Waals surface area contributed by atoms with Gasteiger partial charge in [-0.05, 0) is 31.0 Å². The summed E-state index contributed by atoms with van der Waals surface area (Å²) in [6, 6.07) is 2.12. The van der Waals surface area contributed by atoms with Gasteiger partial charge in [0.05, 0.1) is 5.69 Å². The van der Waals surface area contributed by atoms with Gasteiger partial charge in [0.15, 0.2) is 0 Å². The summed E-state index contributed by atoms with van der Waals surface area (Å²) in [6.45, 7) is 5.99. The zero-order chi connectivity index (χ0) is 10.3. The molecular formula is C11H18N4. The maximum atomic E-state index is 4.21. The average Bonchev–Trinajstić information content (AvgIpc) is 2.83. The highest BCUT2D eigenvalue weighted by molar-refractivity contribution is 5.01. The van der Waals surface area contributed by atoms with Crippen LogP contribution in [-0.4, -0.2) is 40.9 Å². The zero-order valence-electron chi connectivity index (χ0n) is 9.19. The summed E-state index contributed by atoms with van der Waals surface area (Å²) in [6.07, 6.45) is 1.88. The first-order chi connectivity index (χ1) is 7.33. The minimum absolute atomic E-state index is 0.887. The lowest BCUT2D eigenvalue weighted by atomic mass is 10.0. The van der Waals surface area contributed by atoms with Crippen LogP contribution in [0.2, 0.25) is 0 Å². The van der Waals surface area contributed by atoms with Crippen LogP contribution in [0.1, 0.15) is 5.69 Å². The Morgan fingerprint density at radius 3 is 2.73 bits per heavy atom. The van der Waals surface area contributed by atoms with Gasteiger partial charge in [-0.25, -0.2) is 0 Å². The first-order valence-corrected chi connectivity index (χ1v) is 5.73. The van der Waals surface area contributed by atoms with Crippen molar-refractivity contribution in [1.82, 2.24) is 20.0 Å². The summed E-state index contributed by atoms with van der Waals surface area (Å²) < 4.78 is 1.98. The van der Waals surface area contributed by atoms with E-state index in [1.54, 1.807) is 0 Å². The first kappa shape index (κ1) is 9.36. The van der Waals surface area contributed by atoms with Crippen LogP contribution in [0.5, 0.6) is 0 Å². The molecule has 0 bridgehead atoms. The van der Waals surface area contributed by atoms with E-state index in [4.69, 9.17) is 0 Å². The predicted octanol–water partition coefficient (Wildman–Crippen LogP) is 0.0713. The second-order valence-corrected chi connectivity index (χ2v) is 4.82. The minimum Gasteiger partial charge on any atom is -0.316 e. The Kier molecular flexibility index (Phi) is 2.25. The van der Waals surface area contributed by atoms with E-state index >= 15 is 0 Å². The second kappa shape index (κ2) is 3.61. The van der Waals surface area contributed by atoms with Gasteiger partial charge in [0.2, 0.25) is 0 Å². The van der Waals surface area contributed by atoms with E-state index in [1.807, 2.05) is 17.9 Å². The number of hydrogen-bond donors (Lipinski definition) is 1. The Morgan fingerprint density at radius 1 is 1.40 bits per heavy atom. The van der Waals surface area contributed by atoms with Crippen LogP contribution in [0.4, 0.5) is 0 Å². The van der Waals surface area contributed by atoms with Gasteiger partial charge in [-0.15, -0.1) is 0 Å². The molecule has 2 saturated heterocycles. The fourth-order valence-electron chi connectivity index (χ4n) is 2.87. The van der Waals surface area contributed by atoms with E-state index in [9.17, 15) is 0 Å². The molecular weight excluding hydrogens is 188 g/mol. The fraction of sp³-hybridized carbons (Fsp3) is 0.727. The van der Waals surface area contributed by atoms with Crippen LogP contribution in [0.3, 0.4) is 0 Å². The molecule has 0 unspecified atom stereocenters. The molecule has 1 aromatic rings. The number of hydrogen-bond acceptors (Lipinski definition) is 3. The van der Waals surface area contributed by atoms with Gasteiger partial charge >= 0.3 is 0 Å². The molecule has 2 fully saturated rings. The van der Waals surface area contributed by atoms with Crippen LogP contribution in [0.15, 0.2) is 12.3 Å². The third-order valence-corrected chi connectivity index (χ3v) is 3.77. The van der Waals surface area contributed by atoms with Crippen molar-refractivity contribution in [2.75, 3.05) is 26.2 Å². The third-order valence-electron chi connectivity index (χ3n) is 3.77. The molecule has 2 atom stereocenters. The third kappa shape index (κ3) is 1.68. The lowest BCUT2D eigenvalue weighted by molar-refractivity contribution is 0.297. The quantitative estimate of drug-likeness (QED) is 0.743. The first-order valence-electron chi connectivity index (χ1n) is 5.73. The van der Waals surface area contributed by atoms with Gasteiger partial charge < -0.3 is 5.32 Å². The number of nitrogens with one attached hydrogen (secondary N) is 1. The molecule has 0 radical (unpaired) electrons. The number of rotatable bonds is 2. The number of aryl methyl sites for hydroxylation is 1. The summed E-state index contributed by atoms with van der Waals surface area (Å²) in [5.41, 5.74) is 1.32. The minimum atomic E-state index is 0.887. The highest BCUT2D eigenvalue weighted by Gasteiger charge is 2.35. The lowest BCUT2D eigenvalue weighted by Crippen LogP contribution is -2.26. The standard InChI is InChI=1S/C11H18N4/c1-14-11(2-3-13-14)8-15-6-9-4-12-5-10(9)7-15/h2-3,9-10,12H,4-8H2,1H3/t9-,10+. The molecule has 3 rings (SSSR count). The summed E-state index contributed by atoms with van der Waals surface area (Å²) in [4.78, 5) is 2.56. The van der Waals surface area contributed by atoms with Crippen molar-refractivity contribution in [3.05, 3.63) is 18.0 Å². The van der Waals surface area contributed by atoms with Crippen molar-refractivity contribution < 1.29 is 0 Å². The van der Waals surface area contributed by atoms with Gasteiger partial charge in [0.1, 0.15) is 0 Å². The van der Waals surface area contributed by atoms with Crippen LogP contribution < -0.4 is 5.32 Å². The van der Waals surface area contributed by atoms with E-state index in [0.29, 0.717) is 0 Å². The van der Waals surface area contributed by atoms with E-state index in [1.165, 1.54) is 31.9 Å². The van der Waals surface area contributed by atoms with Crippen molar-refractivity contribution in [3.63, 3.8) is 0 Å². The molecule has 4 heteroatoms. The highest BCUT2D eigenvalue weighted by atomic mass is 15.3. The summed E-state index contributed by atoms with van der Waals surface area (Å²) in [5.74, 6) is 1.77. The van der Waals surface area contributed by atoms with Gasteiger partial charge in [0.25, 0.3) is 0 Å². The molecule has 82 valence electrons. The topological polar surface area (TPSA) is 33.1 Å². The Bertz CT molecular complexity index is 334. The molecule has 4 nitrogen and oxygen atoms in total. The monoisotopic (exact) mass is 206 g/mol. The van der Waals surface area contributed by atoms with Crippen LogP contribution >= 0.6 is 0 Å². The maximum Gasteiger partial charge on any atom is 0.0521 e. The SMILES string of the molecule is Cn1nccc1CN1C[C@H]2CNC[C@H]2C1. The molecule has 0 amide bonds.